The molecule has 4 rings (SSSR count). The van der Waals surface area contributed by atoms with Crippen molar-refractivity contribution in [1.29, 1.82) is 0 Å². The van der Waals surface area contributed by atoms with Crippen LogP contribution in [0.5, 0.6) is 0 Å². The molecule has 4 aromatic rings. The van der Waals surface area contributed by atoms with Crippen molar-refractivity contribution in [2.45, 2.75) is 40.5 Å². The maximum atomic E-state index is 5.84. The van der Waals surface area contributed by atoms with Crippen LogP contribution in [-0.2, 0) is 6.42 Å². The molecule has 1 aromatic carbocycles. The molecule has 33 heavy (non-hydrogen) atoms. The number of aryl methyl sites for hydroxylation is 3. The maximum Gasteiger partial charge on any atom is 0.111 e. The van der Waals surface area contributed by atoms with Crippen molar-refractivity contribution in [2.75, 3.05) is 11.5 Å². The number of anilines is 2. The molecule has 3 aromatic heterocycles. The van der Waals surface area contributed by atoms with Gasteiger partial charge < -0.3 is 16.5 Å². The molecule has 0 radical (unpaired) electrons. The monoisotopic (exact) mass is 439 g/mol. The van der Waals surface area contributed by atoms with E-state index in [2.05, 4.69) is 86.1 Å². The number of fused-ring (bicyclic) bond motifs is 2. The molecular weight excluding hydrogens is 406 g/mol. The summed E-state index contributed by atoms with van der Waals surface area (Å²) in [7, 11) is 0. The third-order valence-corrected chi connectivity index (χ3v) is 5.83. The topological polar surface area (TPSA) is 93.6 Å². The van der Waals surface area contributed by atoms with Gasteiger partial charge in [0.25, 0.3) is 0 Å². The van der Waals surface area contributed by atoms with E-state index in [4.69, 9.17) is 11.5 Å². The highest BCUT2D eigenvalue weighted by Crippen LogP contribution is 2.31. The van der Waals surface area contributed by atoms with Gasteiger partial charge in [0, 0.05) is 22.8 Å². The van der Waals surface area contributed by atoms with Crippen LogP contribution < -0.4 is 11.5 Å². The zero-order valence-corrected chi connectivity index (χ0v) is 20.0. The first-order chi connectivity index (χ1) is 15.7. The number of rotatable bonds is 5. The smallest absolute Gasteiger partial charge is 0.111 e. The lowest BCUT2D eigenvalue weighted by Crippen LogP contribution is -1.91. The predicted molar refractivity (Wildman–Crippen MR) is 143 cm³/mol. The van der Waals surface area contributed by atoms with E-state index in [-0.39, 0.29) is 0 Å². The van der Waals surface area contributed by atoms with E-state index < -0.39 is 0 Å². The molecule has 0 aliphatic carbocycles. The highest BCUT2D eigenvalue weighted by atomic mass is 14.9. The maximum absolute atomic E-state index is 5.84. The molecule has 0 unspecified atom stereocenters. The molecule has 5 heteroatoms. The Balaban J connectivity index is 0.000000189. The SMILES string of the molecule is C/C=C(\C)CCc1ccc2c(C)cc(C)nc2c1.C=CC(=C)c1c(N)[nH]c2c(N)ccnc12. The summed E-state index contributed by atoms with van der Waals surface area (Å²) in [6, 6.07) is 10.5. The van der Waals surface area contributed by atoms with Crippen molar-refractivity contribution >= 4 is 39.0 Å². The Bertz CT molecular complexity index is 1360. The summed E-state index contributed by atoms with van der Waals surface area (Å²) >= 11 is 0. The highest BCUT2D eigenvalue weighted by molar-refractivity contribution is 6.01. The van der Waals surface area contributed by atoms with Crippen LogP contribution in [-0.4, -0.2) is 15.0 Å². The van der Waals surface area contributed by atoms with Crippen molar-refractivity contribution in [3.05, 3.63) is 89.8 Å². The van der Waals surface area contributed by atoms with Gasteiger partial charge in [-0.05, 0) is 75.4 Å². The van der Waals surface area contributed by atoms with Crippen molar-refractivity contribution < 1.29 is 0 Å². The quantitative estimate of drug-likeness (QED) is 0.239. The van der Waals surface area contributed by atoms with Crippen molar-refractivity contribution in [2.24, 2.45) is 0 Å². The number of hydrogen-bond donors (Lipinski definition) is 3. The van der Waals surface area contributed by atoms with Crippen LogP contribution in [0.15, 0.2) is 67.4 Å². The number of nitrogen functional groups attached to an aromatic ring is 2. The first kappa shape index (κ1) is 23.8. The molecule has 0 amide bonds. The number of H-pyrrole nitrogens is 1. The van der Waals surface area contributed by atoms with Crippen LogP contribution in [0.1, 0.15) is 42.7 Å². The molecule has 3 heterocycles. The molecular formula is C28H33N5. The second-order valence-electron chi connectivity index (χ2n) is 8.33. The molecule has 170 valence electrons. The second-order valence-corrected chi connectivity index (χ2v) is 8.33. The van der Waals surface area contributed by atoms with Gasteiger partial charge in [0.05, 0.1) is 22.2 Å². The summed E-state index contributed by atoms with van der Waals surface area (Å²) in [5, 5.41) is 1.27. The van der Waals surface area contributed by atoms with Crippen LogP contribution >= 0.6 is 0 Å². The number of aromatic nitrogens is 3. The van der Waals surface area contributed by atoms with Crippen LogP contribution in [0.2, 0.25) is 0 Å². The lowest BCUT2D eigenvalue weighted by atomic mass is 10.0. The van der Waals surface area contributed by atoms with E-state index in [0.717, 1.165) is 46.2 Å². The Labute approximate surface area is 195 Å². The minimum atomic E-state index is 0.514. The van der Waals surface area contributed by atoms with E-state index in [1.54, 1.807) is 18.3 Å². The summed E-state index contributed by atoms with van der Waals surface area (Å²) < 4.78 is 0. The fourth-order valence-corrected chi connectivity index (χ4v) is 3.81. The highest BCUT2D eigenvalue weighted by Gasteiger charge is 2.13. The molecule has 0 bridgehead atoms. The standard InChI is InChI=1S/C17H21N.C11H12N4/c1-5-12(2)6-7-15-8-9-16-13(3)10-14(4)18-17(16)11-15;1-3-6(2)8-10-9(15-11(8)13)7(12)4-5-14-10/h5,8-11H,6-7H2,1-4H3;3-5,15H,1-2,13H2,(H2,12,14)/b12-5+;. The first-order valence-corrected chi connectivity index (χ1v) is 11.1. The number of benzene rings is 1. The van der Waals surface area contributed by atoms with Gasteiger partial charge in [-0.2, -0.15) is 0 Å². The van der Waals surface area contributed by atoms with Crippen molar-refractivity contribution in [3.63, 3.8) is 0 Å². The van der Waals surface area contributed by atoms with Crippen LogP contribution in [0.4, 0.5) is 11.5 Å². The molecule has 0 saturated carbocycles. The number of nitrogens with one attached hydrogen (secondary N) is 1. The van der Waals surface area contributed by atoms with Crippen molar-refractivity contribution in [3.8, 4) is 0 Å². The van der Waals surface area contributed by atoms with E-state index in [1.165, 1.54) is 22.1 Å². The molecule has 0 atom stereocenters. The lowest BCUT2D eigenvalue weighted by molar-refractivity contribution is 0.939. The number of aromatic amines is 1. The summed E-state index contributed by atoms with van der Waals surface area (Å²) in [6.07, 6.45) is 7.70. The van der Waals surface area contributed by atoms with E-state index in [9.17, 15) is 0 Å². The number of allylic oxidation sites excluding steroid dienone is 4. The number of nitrogens with zero attached hydrogens (tertiary/aromatic N) is 2. The van der Waals surface area contributed by atoms with Gasteiger partial charge in [-0.1, -0.05) is 43.0 Å². The largest absolute Gasteiger partial charge is 0.397 e. The third kappa shape index (κ3) is 5.32. The summed E-state index contributed by atoms with van der Waals surface area (Å²) in [5.41, 5.74) is 21.6. The zero-order valence-electron chi connectivity index (χ0n) is 20.0. The average Bonchev–Trinajstić information content (AvgIpc) is 3.14. The first-order valence-electron chi connectivity index (χ1n) is 11.1. The summed E-state index contributed by atoms with van der Waals surface area (Å²) in [6.45, 7) is 16.0. The molecule has 0 spiro atoms. The fourth-order valence-electron chi connectivity index (χ4n) is 3.81. The fraction of sp³-hybridized carbons (Fsp3) is 0.214. The minimum Gasteiger partial charge on any atom is -0.397 e. The molecule has 0 aliphatic rings. The second kappa shape index (κ2) is 10.2. The molecule has 0 fully saturated rings. The summed E-state index contributed by atoms with van der Waals surface area (Å²) in [5.74, 6) is 0.514. The van der Waals surface area contributed by atoms with Crippen LogP contribution in [0, 0.1) is 13.8 Å². The lowest BCUT2D eigenvalue weighted by Gasteiger charge is -2.07. The number of hydrogen-bond acceptors (Lipinski definition) is 4. The van der Waals surface area contributed by atoms with Gasteiger partial charge in [0.2, 0.25) is 0 Å². The van der Waals surface area contributed by atoms with Crippen LogP contribution in [0.25, 0.3) is 27.5 Å². The summed E-state index contributed by atoms with van der Waals surface area (Å²) in [4.78, 5) is 11.9. The van der Waals surface area contributed by atoms with Gasteiger partial charge in [0.15, 0.2) is 0 Å². The number of nitrogens with two attached hydrogens (primary N) is 2. The van der Waals surface area contributed by atoms with Gasteiger partial charge in [0.1, 0.15) is 5.82 Å². The normalized spacial score (nSPS) is 11.3. The third-order valence-electron chi connectivity index (χ3n) is 5.83. The Morgan fingerprint density at radius 3 is 2.61 bits per heavy atom. The predicted octanol–water partition coefficient (Wildman–Crippen LogP) is 6.68. The molecule has 0 aliphatic heterocycles. The van der Waals surface area contributed by atoms with E-state index >= 15 is 0 Å². The van der Waals surface area contributed by atoms with Crippen LogP contribution in [0.3, 0.4) is 0 Å². The van der Waals surface area contributed by atoms with E-state index in [0.29, 0.717) is 11.5 Å². The van der Waals surface area contributed by atoms with Gasteiger partial charge in [-0.3, -0.25) is 9.97 Å². The molecule has 5 N–H and O–H groups in total. The Morgan fingerprint density at radius 2 is 1.91 bits per heavy atom. The zero-order chi connectivity index (χ0) is 24.1. The molecule has 5 nitrogen and oxygen atoms in total. The van der Waals surface area contributed by atoms with Crippen molar-refractivity contribution in [1.82, 2.24) is 15.0 Å². The number of pyridine rings is 2. The van der Waals surface area contributed by atoms with Gasteiger partial charge in [-0.25, -0.2) is 0 Å². The van der Waals surface area contributed by atoms with E-state index in [1.807, 2.05) is 0 Å². The molecule has 0 saturated heterocycles. The minimum absolute atomic E-state index is 0.514. The van der Waals surface area contributed by atoms with Gasteiger partial charge in [-0.15, -0.1) is 0 Å². The Kier molecular flexibility index (Phi) is 7.34. The average molecular weight is 440 g/mol. The van der Waals surface area contributed by atoms with Gasteiger partial charge >= 0.3 is 0 Å². The Morgan fingerprint density at radius 1 is 1.15 bits per heavy atom. The Hall–Kier alpha value is -3.86.